The first-order valence-corrected chi connectivity index (χ1v) is 10.1. The van der Waals surface area contributed by atoms with Crippen molar-refractivity contribution in [2.24, 2.45) is 0 Å². The maximum atomic E-state index is 12.9. The van der Waals surface area contributed by atoms with Gasteiger partial charge in [0.15, 0.2) is 0 Å². The molecular formula is C18H29N3O3S. The summed E-state index contributed by atoms with van der Waals surface area (Å²) in [4.78, 5) is 14.8. The number of hydrogen-bond donors (Lipinski definition) is 1. The number of piperidine rings is 1. The molecule has 0 aromatic heterocycles. The third-order valence-electron chi connectivity index (χ3n) is 4.72. The van der Waals surface area contributed by atoms with Gasteiger partial charge in [-0.1, -0.05) is 17.7 Å². The van der Waals surface area contributed by atoms with Crippen LogP contribution in [0.2, 0.25) is 0 Å². The highest BCUT2D eigenvalue weighted by Gasteiger charge is 2.27. The van der Waals surface area contributed by atoms with E-state index < -0.39 is 10.0 Å². The van der Waals surface area contributed by atoms with Gasteiger partial charge in [-0.05, 0) is 64.9 Å². The summed E-state index contributed by atoms with van der Waals surface area (Å²) in [5.74, 6) is -0.247. The Morgan fingerprint density at radius 3 is 2.24 bits per heavy atom. The highest BCUT2D eigenvalue weighted by atomic mass is 32.2. The molecule has 1 aromatic carbocycles. The maximum absolute atomic E-state index is 12.9. The molecular weight excluding hydrogens is 338 g/mol. The molecule has 0 unspecified atom stereocenters. The van der Waals surface area contributed by atoms with Crippen LogP contribution in [-0.2, 0) is 14.8 Å². The second-order valence-corrected chi connectivity index (χ2v) is 9.12. The summed E-state index contributed by atoms with van der Waals surface area (Å²) < 4.78 is 26.9. The van der Waals surface area contributed by atoms with Crippen LogP contribution in [0.4, 0.5) is 0 Å². The Morgan fingerprint density at radius 2 is 1.72 bits per heavy atom. The number of nitrogens with one attached hydrogen (secondary N) is 1. The summed E-state index contributed by atoms with van der Waals surface area (Å²) in [7, 11) is -0.177. The summed E-state index contributed by atoms with van der Waals surface area (Å²) in [6, 6.07) is 3.83. The highest BCUT2D eigenvalue weighted by molar-refractivity contribution is 7.89. The Bertz CT molecular complexity index is 715. The predicted octanol–water partition coefficient (Wildman–Crippen LogP) is 1.44. The Morgan fingerprint density at radius 1 is 1.20 bits per heavy atom. The fourth-order valence-electron chi connectivity index (χ4n) is 3.44. The standard InChI is InChI=1S/C18H29N3O3S/c1-13-10-14(2)18(15(3)11-13)25(23,24)21(5)12-17(22)19-16-6-8-20(4)9-7-16/h10-11,16H,6-9,12H2,1-5H3,(H,19,22). The molecule has 1 heterocycles. The number of hydrogen-bond acceptors (Lipinski definition) is 4. The fourth-order valence-corrected chi connectivity index (χ4v) is 4.97. The first kappa shape index (κ1) is 19.9. The van der Waals surface area contributed by atoms with Crippen molar-refractivity contribution in [2.45, 2.75) is 44.6 Å². The maximum Gasteiger partial charge on any atom is 0.243 e. The molecule has 6 nitrogen and oxygen atoms in total. The van der Waals surface area contributed by atoms with Gasteiger partial charge in [0.25, 0.3) is 0 Å². The molecule has 0 aliphatic carbocycles. The summed E-state index contributed by atoms with van der Waals surface area (Å²) >= 11 is 0. The topological polar surface area (TPSA) is 69.7 Å². The first-order chi connectivity index (χ1) is 11.6. The molecule has 0 atom stereocenters. The van der Waals surface area contributed by atoms with Crippen LogP contribution in [0.1, 0.15) is 29.5 Å². The third kappa shape index (κ3) is 4.80. The van der Waals surface area contributed by atoms with Gasteiger partial charge < -0.3 is 10.2 Å². The van der Waals surface area contributed by atoms with Crippen molar-refractivity contribution in [2.75, 3.05) is 33.7 Å². The predicted molar refractivity (Wildman–Crippen MR) is 99.1 cm³/mol. The van der Waals surface area contributed by atoms with Crippen LogP contribution in [-0.4, -0.2) is 63.3 Å². The van der Waals surface area contributed by atoms with E-state index in [2.05, 4.69) is 17.3 Å². The lowest BCUT2D eigenvalue weighted by molar-refractivity contribution is -0.122. The summed E-state index contributed by atoms with van der Waals surface area (Å²) in [5, 5.41) is 2.96. The van der Waals surface area contributed by atoms with Crippen molar-refractivity contribution in [1.82, 2.24) is 14.5 Å². The number of likely N-dealkylation sites (N-methyl/N-ethyl adjacent to an activating group) is 1. The van der Waals surface area contributed by atoms with E-state index in [0.29, 0.717) is 16.0 Å². The molecule has 0 bridgehead atoms. The average molecular weight is 368 g/mol. The van der Waals surface area contributed by atoms with Crippen molar-refractivity contribution in [1.29, 1.82) is 0 Å². The number of carbonyl (C=O) groups excluding carboxylic acids is 1. The molecule has 7 heteroatoms. The number of amides is 1. The van der Waals surface area contributed by atoms with Crippen LogP contribution in [0.5, 0.6) is 0 Å². The van der Waals surface area contributed by atoms with E-state index >= 15 is 0 Å². The molecule has 0 radical (unpaired) electrons. The lowest BCUT2D eigenvalue weighted by Gasteiger charge is -2.30. The van der Waals surface area contributed by atoms with Crippen LogP contribution >= 0.6 is 0 Å². The van der Waals surface area contributed by atoms with E-state index in [1.54, 1.807) is 13.8 Å². The van der Waals surface area contributed by atoms with Crippen LogP contribution in [0.15, 0.2) is 17.0 Å². The fraction of sp³-hybridized carbons (Fsp3) is 0.611. The molecule has 0 saturated carbocycles. The second-order valence-electron chi connectivity index (χ2n) is 7.13. The number of sulfonamides is 1. The van der Waals surface area contributed by atoms with Gasteiger partial charge in [0.1, 0.15) is 0 Å². The zero-order valence-electron chi connectivity index (χ0n) is 15.8. The van der Waals surface area contributed by atoms with E-state index in [1.807, 2.05) is 19.1 Å². The zero-order valence-corrected chi connectivity index (χ0v) is 16.6. The molecule has 1 fully saturated rings. The normalized spacial score (nSPS) is 17.0. The lowest BCUT2D eigenvalue weighted by Crippen LogP contribution is -2.47. The van der Waals surface area contributed by atoms with Gasteiger partial charge in [-0.25, -0.2) is 8.42 Å². The Labute approximate surface area is 151 Å². The van der Waals surface area contributed by atoms with Crippen molar-refractivity contribution < 1.29 is 13.2 Å². The lowest BCUT2D eigenvalue weighted by atomic mass is 10.1. The number of rotatable bonds is 5. The van der Waals surface area contributed by atoms with Gasteiger partial charge in [-0.15, -0.1) is 0 Å². The van der Waals surface area contributed by atoms with Crippen LogP contribution in [0.3, 0.4) is 0 Å². The molecule has 1 aromatic rings. The van der Waals surface area contributed by atoms with E-state index in [4.69, 9.17) is 0 Å². The molecule has 1 amide bonds. The minimum Gasteiger partial charge on any atom is -0.352 e. The number of nitrogens with zero attached hydrogens (tertiary/aromatic N) is 2. The number of benzene rings is 1. The smallest absolute Gasteiger partial charge is 0.243 e. The molecule has 140 valence electrons. The van der Waals surface area contributed by atoms with Crippen LogP contribution in [0.25, 0.3) is 0 Å². The zero-order chi connectivity index (χ0) is 18.8. The van der Waals surface area contributed by atoms with Crippen molar-refractivity contribution in [3.63, 3.8) is 0 Å². The minimum absolute atomic E-state index is 0.127. The largest absolute Gasteiger partial charge is 0.352 e. The molecule has 1 saturated heterocycles. The summed E-state index contributed by atoms with van der Waals surface area (Å²) in [6.07, 6.45) is 1.80. The minimum atomic E-state index is -3.70. The Balaban J connectivity index is 2.06. The van der Waals surface area contributed by atoms with Crippen LogP contribution in [0, 0.1) is 20.8 Å². The van der Waals surface area contributed by atoms with Gasteiger partial charge >= 0.3 is 0 Å². The molecule has 1 aliphatic heterocycles. The van der Waals surface area contributed by atoms with E-state index in [0.717, 1.165) is 35.8 Å². The van der Waals surface area contributed by atoms with E-state index in [9.17, 15) is 13.2 Å². The van der Waals surface area contributed by atoms with Crippen molar-refractivity contribution >= 4 is 15.9 Å². The number of aryl methyl sites for hydroxylation is 3. The van der Waals surface area contributed by atoms with Crippen LogP contribution < -0.4 is 5.32 Å². The van der Waals surface area contributed by atoms with Gasteiger partial charge in [0.2, 0.25) is 15.9 Å². The van der Waals surface area contributed by atoms with Gasteiger partial charge in [0.05, 0.1) is 11.4 Å². The van der Waals surface area contributed by atoms with E-state index in [1.165, 1.54) is 7.05 Å². The van der Waals surface area contributed by atoms with Crippen molar-refractivity contribution in [3.05, 3.63) is 28.8 Å². The van der Waals surface area contributed by atoms with Gasteiger partial charge in [0, 0.05) is 13.1 Å². The average Bonchev–Trinajstić information content (AvgIpc) is 2.48. The number of carbonyl (C=O) groups is 1. The molecule has 2 rings (SSSR count). The SMILES string of the molecule is Cc1cc(C)c(S(=O)(=O)N(C)CC(=O)NC2CCN(C)CC2)c(C)c1. The highest BCUT2D eigenvalue weighted by Crippen LogP contribution is 2.24. The first-order valence-electron chi connectivity index (χ1n) is 8.63. The summed E-state index contributed by atoms with van der Waals surface area (Å²) in [5.41, 5.74) is 2.44. The Kier molecular flexibility index (Phi) is 6.24. The van der Waals surface area contributed by atoms with Crippen molar-refractivity contribution in [3.8, 4) is 0 Å². The molecule has 25 heavy (non-hydrogen) atoms. The quantitative estimate of drug-likeness (QED) is 0.855. The Hall–Kier alpha value is -1.44. The monoisotopic (exact) mass is 367 g/mol. The second kappa shape index (κ2) is 7.85. The van der Waals surface area contributed by atoms with E-state index in [-0.39, 0.29) is 18.5 Å². The van der Waals surface area contributed by atoms with Gasteiger partial charge in [-0.2, -0.15) is 4.31 Å². The van der Waals surface area contributed by atoms with Gasteiger partial charge in [-0.3, -0.25) is 4.79 Å². The number of likely N-dealkylation sites (tertiary alicyclic amines) is 1. The molecule has 1 N–H and O–H groups in total. The molecule has 1 aliphatic rings. The third-order valence-corrected chi connectivity index (χ3v) is 6.83. The summed E-state index contributed by atoms with van der Waals surface area (Å²) in [6.45, 7) is 7.25. The molecule has 0 spiro atoms.